The standard InChI is InChI=1S/C13H12ClFN2O/c1-13(2,18)12-16-6-5-11(17-12)8-3-4-10(15)9(14)7-8/h3-7,18H,1-2H3. The lowest BCUT2D eigenvalue weighted by atomic mass is 10.1. The zero-order chi connectivity index (χ0) is 13.3. The second-order valence-corrected chi connectivity index (χ2v) is 4.86. The maximum absolute atomic E-state index is 13.1. The highest BCUT2D eigenvalue weighted by molar-refractivity contribution is 6.31. The highest BCUT2D eigenvalue weighted by Gasteiger charge is 2.20. The number of nitrogens with zero attached hydrogens (tertiary/aromatic N) is 2. The number of benzene rings is 1. The molecule has 1 aromatic heterocycles. The van der Waals surface area contributed by atoms with Gasteiger partial charge in [-0.2, -0.15) is 0 Å². The Kier molecular flexibility index (Phi) is 3.32. The van der Waals surface area contributed by atoms with Crippen molar-refractivity contribution in [2.75, 3.05) is 0 Å². The molecule has 0 saturated heterocycles. The van der Waals surface area contributed by atoms with Crippen LogP contribution in [0.15, 0.2) is 30.5 Å². The van der Waals surface area contributed by atoms with E-state index in [1.54, 1.807) is 32.2 Å². The normalized spacial score (nSPS) is 11.6. The zero-order valence-corrected chi connectivity index (χ0v) is 10.7. The van der Waals surface area contributed by atoms with Gasteiger partial charge in [-0.05, 0) is 38.1 Å². The van der Waals surface area contributed by atoms with Crippen LogP contribution < -0.4 is 0 Å². The first-order chi connectivity index (χ1) is 8.38. The summed E-state index contributed by atoms with van der Waals surface area (Å²) in [6.45, 7) is 3.20. The topological polar surface area (TPSA) is 46.0 Å². The Bertz CT molecular complexity index is 581. The third kappa shape index (κ3) is 2.66. The molecule has 3 nitrogen and oxygen atoms in total. The molecule has 0 bridgehead atoms. The van der Waals surface area contributed by atoms with Gasteiger partial charge in [0, 0.05) is 11.8 Å². The number of halogens is 2. The van der Waals surface area contributed by atoms with Crippen LogP contribution in [0.4, 0.5) is 4.39 Å². The monoisotopic (exact) mass is 266 g/mol. The number of aliphatic hydroxyl groups is 1. The molecule has 1 heterocycles. The van der Waals surface area contributed by atoms with Crippen molar-refractivity contribution in [3.8, 4) is 11.3 Å². The van der Waals surface area contributed by atoms with Gasteiger partial charge in [0.2, 0.25) is 0 Å². The van der Waals surface area contributed by atoms with Crippen LogP contribution in [-0.4, -0.2) is 15.1 Å². The largest absolute Gasteiger partial charge is 0.382 e. The summed E-state index contributed by atoms with van der Waals surface area (Å²) >= 11 is 5.73. The van der Waals surface area contributed by atoms with E-state index in [1.165, 1.54) is 12.1 Å². The molecular formula is C13H12ClFN2O. The van der Waals surface area contributed by atoms with Crippen molar-refractivity contribution >= 4 is 11.6 Å². The minimum atomic E-state index is -1.13. The Labute approximate surface area is 109 Å². The molecule has 0 aliphatic rings. The van der Waals surface area contributed by atoms with Crippen LogP contribution >= 0.6 is 11.6 Å². The Morgan fingerprint density at radius 3 is 2.61 bits per heavy atom. The van der Waals surface area contributed by atoms with E-state index in [2.05, 4.69) is 9.97 Å². The van der Waals surface area contributed by atoms with Crippen LogP contribution in [0.2, 0.25) is 5.02 Å². The summed E-state index contributed by atoms with van der Waals surface area (Å²) in [6.07, 6.45) is 1.55. The summed E-state index contributed by atoms with van der Waals surface area (Å²) in [5, 5.41) is 9.89. The van der Waals surface area contributed by atoms with Crippen molar-refractivity contribution in [2.45, 2.75) is 19.4 Å². The van der Waals surface area contributed by atoms with Gasteiger partial charge < -0.3 is 5.11 Å². The smallest absolute Gasteiger partial charge is 0.159 e. The van der Waals surface area contributed by atoms with Crippen molar-refractivity contribution in [3.63, 3.8) is 0 Å². The van der Waals surface area contributed by atoms with Gasteiger partial charge in [-0.15, -0.1) is 0 Å². The molecular weight excluding hydrogens is 255 g/mol. The molecule has 0 amide bonds. The summed E-state index contributed by atoms with van der Waals surface area (Å²) in [5.74, 6) is -0.169. The first-order valence-corrected chi connectivity index (χ1v) is 5.77. The molecule has 0 spiro atoms. The van der Waals surface area contributed by atoms with Gasteiger partial charge in [-0.3, -0.25) is 0 Å². The summed E-state index contributed by atoms with van der Waals surface area (Å²) in [7, 11) is 0. The van der Waals surface area contributed by atoms with Crippen LogP contribution in [-0.2, 0) is 5.60 Å². The molecule has 0 unspecified atom stereocenters. The molecule has 5 heteroatoms. The molecule has 94 valence electrons. The molecule has 0 aliphatic carbocycles. The van der Waals surface area contributed by atoms with Gasteiger partial charge in [0.05, 0.1) is 10.7 Å². The summed E-state index contributed by atoms with van der Waals surface area (Å²) < 4.78 is 13.1. The molecule has 2 aromatic rings. The lowest BCUT2D eigenvalue weighted by Gasteiger charge is -2.15. The molecule has 0 fully saturated rings. The van der Waals surface area contributed by atoms with E-state index in [1.807, 2.05) is 0 Å². The maximum atomic E-state index is 13.1. The number of hydrogen-bond acceptors (Lipinski definition) is 3. The average Bonchev–Trinajstić information content (AvgIpc) is 2.32. The lowest BCUT2D eigenvalue weighted by Crippen LogP contribution is -2.19. The first-order valence-electron chi connectivity index (χ1n) is 5.39. The SMILES string of the molecule is CC(C)(O)c1nccc(-c2ccc(F)c(Cl)c2)n1. The minimum Gasteiger partial charge on any atom is -0.382 e. The van der Waals surface area contributed by atoms with Crippen LogP contribution in [0.1, 0.15) is 19.7 Å². The summed E-state index contributed by atoms with van der Waals surface area (Å²) in [5.41, 5.74) is 0.137. The molecule has 1 aromatic carbocycles. The van der Waals surface area contributed by atoms with Gasteiger partial charge in [0.25, 0.3) is 0 Å². The predicted molar refractivity (Wildman–Crippen MR) is 67.7 cm³/mol. The first kappa shape index (κ1) is 12.9. The summed E-state index contributed by atoms with van der Waals surface area (Å²) in [6, 6.07) is 6.04. The lowest BCUT2D eigenvalue weighted by molar-refractivity contribution is 0.0688. The summed E-state index contributed by atoms with van der Waals surface area (Å²) in [4.78, 5) is 8.25. The Morgan fingerprint density at radius 1 is 1.28 bits per heavy atom. The van der Waals surface area contributed by atoms with E-state index in [4.69, 9.17) is 11.6 Å². The van der Waals surface area contributed by atoms with E-state index < -0.39 is 11.4 Å². The fraction of sp³-hybridized carbons (Fsp3) is 0.231. The van der Waals surface area contributed by atoms with E-state index in [9.17, 15) is 9.50 Å². The maximum Gasteiger partial charge on any atom is 0.159 e. The van der Waals surface area contributed by atoms with E-state index >= 15 is 0 Å². The molecule has 18 heavy (non-hydrogen) atoms. The van der Waals surface area contributed by atoms with Crippen LogP contribution in [0.5, 0.6) is 0 Å². The van der Waals surface area contributed by atoms with Crippen molar-refractivity contribution in [1.82, 2.24) is 9.97 Å². The average molecular weight is 267 g/mol. The molecule has 0 saturated carbocycles. The van der Waals surface area contributed by atoms with Crippen LogP contribution in [0.25, 0.3) is 11.3 Å². The second-order valence-electron chi connectivity index (χ2n) is 4.45. The highest BCUT2D eigenvalue weighted by atomic mass is 35.5. The molecule has 0 radical (unpaired) electrons. The van der Waals surface area contributed by atoms with Crippen molar-refractivity contribution in [2.24, 2.45) is 0 Å². The number of rotatable bonds is 2. The third-order valence-corrected chi connectivity index (χ3v) is 2.71. The van der Waals surface area contributed by atoms with Crippen molar-refractivity contribution in [1.29, 1.82) is 0 Å². The zero-order valence-electron chi connectivity index (χ0n) is 9.98. The third-order valence-electron chi connectivity index (χ3n) is 2.42. The Morgan fingerprint density at radius 2 is 2.00 bits per heavy atom. The van der Waals surface area contributed by atoms with E-state index in [-0.39, 0.29) is 5.02 Å². The second kappa shape index (κ2) is 4.63. The number of aromatic nitrogens is 2. The molecule has 2 rings (SSSR count). The predicted octanol–water partition coefficient (Wildman–Crippen LogP) is 3.16. The Hall–Kier alpha value is -1.52. The highest BCUT2D eigenvalue weighted by Crippen LogP contribution is 2.24. The van der Waals surface area contributed by atoms with Crippen molar-refractivity contribution in [3.05, 3.63) is 47.1 Å². The van der Waals surface area contributed by atoms with Crippen LogP contribution in [0.3, 0.4) is 0 Å². The Balaban J connectivity index is 2.48. The number of hydrogen-bond donors (Lipinski definition) is 1. The van der Waals surface area contributed by atoms with Gasteiger partial charge in [0.15, 0.2) is 5.82 Å². The molecule has 0 atom stereocenters. The van der Waals surface area contributed by atoms with Gasteiger partial charge in [-0.1, -0.05) is 11.6 Å². The quantitative estimate of drug-likeness (QED) is 0.908. The van der Waals surface area contributed by atoms with Crippen LogP contribution in [0, 0.1) is 5.82 Å². The minimum absolute atomic E-state index is 0.0379. The van der Waals surface area contributed by atoms with Gasteiger partial charge in [0.1, 0.15) is 11.4 Å². The molecule has 1 N–H and O–H groups in total. The fourth-order valence-electron chi connectivity index (χ4n) is 1.47. The van der Waals surface area contributed by atoms with E-state index in [0.717, 1.165) is 0 Å². The van der Waals surface area contributed by atoms with Crippen molar-refractivity contribution < 1.29 is 9.50 Å². The van der Waals surface area contributed by atoms with E-state index in [0.29, 0.717) is 17.1 Å². The fourth-order valence-corrected chi connectivity index (χ4v) is 1.65. The van der Waals surface area contributed by atoms with Gasteiger partial charge in [-0.25, -0.2) is 14.4 Å². The molecule has 0 aliphatic heterocycles. The van der Waals surface area contributed by atoms with Gasteiger partial charge >= 0.3 is 0 Å².